The lowest BCUT2D eigenvalue weighted by Crippen LogP contribution is -2.46. The number of likely N-dealkylation sites (N-methyl/N-ethyl adjacent to an activating group) is 1. The number of nitrogens with zero attached hydrogens (tertiary/aromatic N) is 1. The second-order valence-corrected chi connectivity index (χ2v) is 6.31. The maximum Gasteiger partial charge on any atom is 0.390 e. The lowest BCUT2D eigenvalue weighted by Gasteiger charge is -2.26. The summed E-state index contributed by atoms with van der Waals surface area (Å²) in [5, 5.41) is 0. The average molecular weight is 260 g/mol. The Kier molecular flexibility index (Phi) is 3.86. The van der Waals surface area contributed by atoms with Gasteiger partial charge in [-0.3, -0.25) is 0 Å². The molecule has 1 rings (SSSR count). The second kappa shape index (κ2) is 4.50. The molecular weight excluding hydrogens is 245 g/mol. The highest BCUT2D eigenvalue weighted by molar-refractivity contribution is 7.91. The molecule has 96 valence electrons. The number of sulfone groups is 1. The van der Waals surface area contributed by atoms with Gasteiger partial charge in [0.05, 0.1) is 17.9 Å². The molecule has 0 aliphatic carbocycles. The van der Waals surface area contributed by atoms with E-state index in [9.17, 15) is 21.6 Å². The SMILES string of the molecule is CN(CCC(F)(F)F)C1CS(=O)(=O)CC1N. The fraction of sp³-hybridized carbons (Fsp3) is 1.00. The third-order valence-corrected chi connectivity index (χ3v) is 4.42. The van der Waals surface area contributed by atoms with Gasteiger partial charge >= 0.3 is 6.18 Å². The van der Waals surface area contributed by atoms with Crippen LogP contribution in [0.15, 0.2) is 0 Å². The monoisotopic (exact) mass is 260 g/mol. The summed E-state index contributed by atoms with van der Waals surface area (Å²) in [4.78, 5) is 1.38. The van der Waals surface area contributed by atoms with Gasteiger partial charge in [0.15, 0.2) is 9.84 Å². The molecule has 0 saturated carbocycles. The highest BCUT2D eigenvalue weighted by atomic mass is 32.2. The Morgan fingerprint density at radius 3 is 2.31 bits per heavy atom. The molecular formula is C8H15F3N2O2S. The van der Waals surface area contributed by atoms with Gasteiger partial charge in [-0.2, -0.15) is 13.2 Å². The van der Waals surface area contributed by atoms with E-state index in [4.69, 9.17) is 5.73 Å². The molecule has 0 aromatic carbocycles. The Labute approximate surface area is 92.5 Å². The summed E-state index contributed by atoms with van der Waals surface area (Å²) in [6.07, 6.45) is -5.18. The van der Waals surface area contributed by atoms with Crippen molar-refractivity contribution in [1.29, 1.82) is 0 Å². The maximum absolute atomic E-state index is 12.0. The van der Waals surface area contributed by atoms with Crippen LogP contribution in [-0.4, -0.2) is 56.7 Å². The molecule has 0 spiro atoms. The van der Waals surface area contributed by atoms with Gasteiger partial charge in [0, 0.05) is 18.6 Å². The van der Waals surface area contributed by atoms with E-state index < -0.39 is 34.5 Å². The molecule has 4 nitrogen and oxygen atoms in total. The standard InChI is InChI=1S/C8H15F3N2O2S/c1-13(3-2-8(9,10)11)7-5-16(14,15)4-6(7)12/h6-7H,2-5,12H2,1H3. The van der Waals surface area contributed by atoms with E-state index in [-0.39, 0.29) is 18.1 Å². The van der Waals surface area contributed by atoms with Gasteiger partial charge in [0.25, 0.3) is 0 Å². The van der Waals surface area contributed by atoms with E-state index in [0.717, 1.165) is 0 Å². The Bertz CT molecular complexity index is 342. The first-order chi connectivity index (χ1) is 7.11. The summed E-state index contributed by atoms with van der Waals surface area (Å²) < 4.78 is 58.4. The molecule has 1 aliphatic rings. The van der Waals surface area contributed by atoms with E-state index in [0.29, 0.717) is 0 Å². The quantitative estimate of drug-likeness (QED) is 0.775. The minimum Gasteiger partial charge on any atom is -0.325 e. The van der Waals surface area contributed by atoms with Gasteiger partial charge in [-0.05, 0) is 7.05 Å². The first kappa shape index (κ1) is 13.7. The van der Waals surface area contributed by atoms with Gasteiger partial charge in [-0.1, -0.05) is 0 Å². The molecule has 2 N–H and O–H groups in total. The van der Waals surface area contributed by atoms with Crippen LogP contribution < -0.4 is 5.73 Å². The van der Waals surface area contributed by atoms with Crippen LogP contribution in [0.5, 0.6) is 0 Å². The first-order valence-electron chi connectivity index (χ1n) is 4.84. The van der Waals surface area contributed by atoms with Gasteiger partial charge in [-0.15, -0.1) is 0 Å². The molecule has 16 heavy (non-hydrogen) atoms. The van der Waals surface area contributed by atoms with Gasteiger partial charge in [0.2, 0.25) is 0 Å². The Morgan fingerprint density at radius 1 is 1.38 bits per heavy atom. The molecule has 0 aromatic heterocycles. The fourth-order valence-electron chi connectivity index (χ4n) is 1.78. The number of halogens is 3. The summed E-state index contributed by atoms with van der Waals surface area (Å²) in [5.74, 6) is -0.295. The highest BCUT2D eigenvalue weighted by Crippen LogP contribution is 2.22. The van der Waals surface area contributed by atoms with Crippen LogP contribution in [0, 0.1) is 0 Å². The van der Waals surface area contributed by atoms with E-state index in [2.05, 4.69) is 0 Å². The number of nitrogens with two attached hydrogens (primary N) is 1. The van der Waals surface area contributed by atoms with Crippen LogP contribution in [0.1, 0.15) is 6.42 Å². The lowest BCUT2D eigenvalue weighted by molar-refractivity contribution is -0.138. The van der Waals surface area contributed by atoms with Crippen molar-refractivity contribution in [2.75, 3.05) is 25.1 Å². The fourth-order valence-corrected chi connectivity index (χ4v) is 3.75. The maximum atomic E-state index is 12.0. The molecule has 8 heteroatoms. The third kappa shape index (κ3) is 3.91. The number of alkyl halides is 3. The zero-order chi connectivity index (χ0) is 12.6. The summed E-state index contributed by atoms with van der Waals surface area (Å²) >= 11 is 0. The van der Waals surface area contributed by atoms with E-state index in [1.807, 2.05) is 0 Å². The largest absolute Gasteiger partial charge is 0.390 e. The predicted octanol–water partition coefficient (Wildman–Crippen LogP) is -0.00510. The normalized spacial score (nSPS) is 29.9. The number of hydrogen-bond acceptors (Lipinski definition) is 4. The summed E-state index contributed by atoms with van der Waals surface area (Å²) in [5.41, 5.74) is 5.59. The van der Waals surface area contributed by atoms with E-state index in [1.54, 1.807) is 0 Å². The van der Waals surface area contributed by atoms with Crippen LogP contribution >= 0.6 is 0 Å². The van der Waals surface area contributed by atoms with Crippen molar-refractivity contribution in [3.63, 3.8) is 0 Å². The molecule has 1 fully saturated rings. The van der Waals surface area contributed by atoms with Crippen LogP contribution in [0.25, 0.3) is 0 Å². The van der Waals surface area contributed by atoms with Crippen LogP contribution in [0.2, 0.25) is 0 Å². The van der Waals surface area contributed by atoms with Crippen LogP contribution in [0.4, 0.5) is 13.2 Å². The zero-order valence-corrected chi connectivity index (χ0v) is 9.68. The Morgan fingerprint density at radius 2 is 1.94 bits per heavy atom. The molecule has 1 aliphatic heterocycles. The van der Waals surface area contributed by atoms with Crippen molar-refractivity contribution in [3.8, 4) is 0 Å². The van der Waals surface area contributed by atoms with E-state index >= 15 is 0 Å². The second-order valence-electron chi connectivity index (χ2n) is 4.15. The van der Waals surface area contributed by atoms with Crippen LogP contribution in [-0.2, 0) is 9.84 Å². The van der Waals surface area contributed by atoms with Crippen molar-refractivity contribution in [2.24, 2.45) is 5.73 Å². The molecule has 1 heterocycles. The van der Waals surface area contributed by atoms with Gasteiger partial charge < -0.3 is 10.6 Å². The third-order valence-electron chi connectivity index (χ3n) is 2.68. The van der Waals surface area contributed by atoms with Gasteiger partial charge in [-0.25, -0.2) is 8.42 Å². The topological polar surface area (TPSA) is 63.4 Å². The first-order valence-corrected chi connectivity index (χ1v) is 6.66. The van der Waals surface area contributed by atoms with E-state index in [1.165, 1.54) is 11.9 Å². The summed E-state index contributed by atoms with van der Waals surface area (Å²) in [6, 6.07) is -1.10. The summed E-state index contributed by atoms with van der Waals surface area (Å²) in [6.45, 7) is -0.225. The average Bonchev–Trinajstić information content (AvgIpc) is 2.34. The lowest BCUT2D eigenvalue weighted by atomic mass is 10.1. The minimum absolute atomic E-state index is 0.145. The molecule has 0 radical (unpaired) electrons. The smallest absolute Gasteiger partial charge is 0.325 e. The predicted molar refractivity (Wildman–Crippen MR) is 53.7 cm³/mol. The van der Waals surface area contributed by atoms with Crippen molar-refractivity contribution < 1.29 is 21.6 Å². The molecule has 1 saturated heterocycles. The number of hydrogen-bond donors (Lipinski definition) is 1. The molecule has 0 bridgehead atoms. The molecule has 0 aromatic rings. The Balaban J connectivity index is 2.52. The summed E-state index contributed by atoms with van der Waals surface area (Å²) in [7, 11) is -1.72. The Hall–Kier alpha value is -0.340. The minimum atomic E-state index is -4.23. The van der Waals surface area contributed by atoms with Crippen LogP contribution in [0.3, 0.4) is 0 Å². The molecule has 2 atom stereocenters. The zero-order valence-electron chi connectivity index (χ0n) is 8.87. The molecule has 2 unspecified atom stereocenters. The van der Waals surface area contributed by atoms with Crippen molar-refractivity contribution in [3.05, 3.63) is 0 Å². The van der Waals surface area contributed by atoms with Gasteiger partial charge in [0.1, 0.15) is 0 Å². The highest BCUT2D eigenvalue weighted by Gasteiger charge is 2.38. The van der Waals surface area contributed by atoms with Crippen molar-refractivity contribution >= 4 is 9.84 Å². The number of rotatable bonds is 3. The van der Waals surface area contributed by atoms with Crippen molar-refractivity contribution in [2.45, 2.75) is 24.7 Å². The molecule has 0 amide bonds. The van der Waals surface area contributed by atoms with Crippen molar-refractivity contribution in [1.82, 2.24) is 4.90 Å².